The highest BCUT2D eigenvalue weighted by Gasteiger charge is 1.99. The molecule has 1 heterocycles. The van der Waals surface area contributed by atoms with Crippen LogP contribution < -0.4 is 5.73 Å². The van der Waals surface area contributed by atoms with E-state index in [9.17, 15) is 0 Å². The van der Waals surface area contributed by atoms with Crippen LogP contribution in [0.1, 0.15) is 5.50 Å². The molecule has 2 N–H and O–H groups in total. The SMILES string of the molecule is NCC(Cl)n1cccc1. The molecule has 0 saturated heterocycles. The highest BCUT2D eigenvalue weighted by molar-refractivity contribution is 6.19. The van der Waals surface area contributed by atoms with Crippen molar-refractivity contribution in [2.45, 2.75) is 5.50 Å². The molecule has 0 saturated carbocycles. The Balaban J connectivity index is 2.65. The molecule has 1 atom stereocenters. The van der Waals surface area contributed by atoms with Gasteiger partial charge in [0, 0.05) is 18.9 Å². The van der Waals surface area contributed by atoms with Gasteiger partial charge >= 0.3 is 0 Å². The van der Waals surface area contributed by atoms with Gasteiger partial charge in [-0.15, -0.1) is 0 Å². The van der Waals surface area contributed by atoms with E-state index in [0.29, 0.717) is 6.54 Å². The van der Waals surface area contributed by atoms with Crippen LogP contribution in [-0.2, 0) is 0 Å². The van der Waals surface area contributed by atoms with E-state index in [0.717, 1.165) is 0 Å². The van der Waals surface area contributed by atoms with E-state index >= 15 is 0 Å². The predicted molar refractivity (Wildman–Crippen MR) is 38.4 cm³/mol. The number of halogens is 1. The summed E-state index contributed by atoms with van der Waals surface area (Å²) in [6.07, 6.45) is 3.79. The number of alkyl halides is 1. The average Bonchev–Trinajstić information content (AvgIpc) is 2.37. The van der Waals surface area contributed by atoms with Gasteiger partial charge < -0.3 is 10.3 Å². The maximum Gasteiger partial charge on any atom is 0.119 e. The molecular weight excluding hydrogens is 136 g/mol. The van der Waals surface area contributed by atoms with Gasteiger partial charge in [-0.2, -0.15) is 0 Å². The second-order valence-electron chi connectivity index (χ2n) is 1.80. The molecule has 1 rings (SSSR count). The smallest absolute Gasteiger partial charge is 0.119 e. The Labute approximate surface area is 59.2 Å². The number of hydrogen-bond acceptors (Lipinski definition) is 1. The van der Waals surface area contributed by atoms with Crippen LogP contribution in [0.3, 0.4) is 0 Å². The third-order valence-electron chi connectivity index (χ3n) is 1.15. The van der Waals surface area contributed by atoms with Gasteiger partial charge in [0.25, 0.3) is 0 Å². The van der Waals surface area contributed by atoms with Crippen LogP contribution >= 0.6 is 11.6 Å². The monoisotopic (exact) mass is 144 g/mol. The molecule has 0 aliphatic heterocycles. The molecule has 0 spiro atoms. The number of nitrogens with two attached hydrogens (primary N) is 1. The second-order valence-corrected chi connectivity index (χ2v) is 2.30. The molecule has 0 aliphatic rings. The Morgan fingerprint density at radius 2 is 2.00 bits per heavy atom. The van der Waals surface area contributed by atoms with Crippen molar-refractivity contribution in [2.75, 3.05) is 6.54 Å². The van der Waals surface area contributed by atoms with E-state index in [-0.39, 0.29) is 5.50 Å². The Morgan fingerprint density at radius 1 is 1.44 bits per heavy atom. The van der Waals surface area contributed by atoms with Crippen molar-refractivity contribution in [2.24, 2.45) is 5.73 Å². The Morgan fingerprint density at radius 3 is 2.44 bits per heavy atom. The van der Waals surface area contributed by atoms with Gasteiger partial charge in [-0.3, -0.25) is 0 Å². The lowest BCUT2D eigenvalue weighted by Crippen LogP contribution is -2.11. The summed E-state index contributed by atoms with van der Waals surface area (Å²) >= 11 is 5.77. The first-order valence-corrected chi connectivity index (χ1v) is 3.25. The first kappa shape index (κ1) is 6.65. The first-order chi connectivity index (χ1) is 4.34. The lowest BCUT2D eigenvalue weighted by atomic mass is 10.6. The van der Waals surface area contributed by atoms with Crippen LogP contribution in [0, 0.1) is 0 Å². The minimum absolute atomic E-state index is 0.0972. The Hall–Kier alpha value is -0.470. The number of aromatic nitrogens is 1. The fourth-order valence-electron chi connectivity index (χ4n) is 0.656. The lowest BCUT2D eigenvalue weighted by molar-refractivity contribution is 0.680. The third-order valence-corrected chi connectivity index (χ3v) is 1.55. The van der Waals surface area contributed by atoms with Crippen molar-refractivity contribution in [1.29, 1.82) is 0 Å². The Kier molecular flexibility index (Phi) is 2.14. The molecule has 3 heteroatoms. The zero-order valence-corrected chi connectivity index (χ0v) is 5.75. The van der Waals surface area contributed by atoms with Crippen LogP contribution in [0.15, 0.2) is 24.5 Å². The summed E-state index contributed by atoms with van der Waals surface area (Å²) in [7, 11) is 0. The lowest BCUT2D eigenvalue weighted by Gasteiger charge is -2.06. The van der Waals surface area contributed by atoms with Crippen molar-refractivity contribution in [1.82, 2.24) is 4.57 Å². The maximum absolute atomic E-state index is 5.77. The van der Waals surface area contributed by atoms with Crippen LogP contribution in [0.5, 0.6) is 0 Å². The summed E-state index contributed by atoms with van der Waals surface area (Å²) in [5, 5.41) is 0. The van der Waals surface area contributed by atoms with Crippen molar-refractivity contribution < 1.29 is 0 Å². The van der Waals surface area contributed by atoms with Gasteiger partial charge in [0.1, 0.15) is 5.50 Å². The molecule has 0 aromatic carbocycles. The quantitative estimate of drug-likeness (QED) is 0.621. The molecule has 0 fully saturated rings. The number of nitrogens with zero attached hydrogens (tertiary/aromatic N) is 1. The van der Waals surface area contributed by atoms with E-state index in [1.807, 2.05) is 29.1 Å². The molecule has 0 amide bonds. The first-order valence-electron chi connectivity index (χ1n) is 2.81. The summed E-state index contributed by atoms with van der Waals surface area (Å²) in [6.45, 7) is 0.468. The van der Waals surface area contributed by atoms with Crippen molar-refractivity contribution >= 4 is 11.6 Å². The molecular formula is C6H9ClN2. The van der Waals surface area contributed by atoms with Gasteiger partial charge in [-0.05, 0) is 12.1 Å². The minimum atomic E-state index is -0.0972. The summed E-state index contributed by atoms with van der Waals surface area (Å²) < 4.78 is 1.86. The minimum Gasteiger partial charge on any atom is -0.336 e. The Bertz CT molecular complexity index is 160. The molecule has 1 aromatic rings. The van der Waals surface area contributed by atoms with Gasteiger partial charge in [0.2, 0.25) is 0 Å². The average molecular weight is 145 g/mol. The van der Waals surface area contributed by atoms with Crippen LogP contribution in [-0.4, -0.2) is 11.1 Å². The van der Waals surface area contributed by atoms with Crippen molar-refractivity contribution in [3.63, 3.8) is 0 Å². The zero-order chi connectivity index (χ0) is 6.69. The highest BCUT2D eigenvalue weighted by atomic mass is 35.5. The normalized spacial score (nSPS) is 13.6. The fraction of sp³-hybridized carbons (Fsp3) is 0.333. The van der Waals surface area contributed by atoms with Crippen molar-refractivity contribution in [3.8, 4) is 0 Å². The highest BCUT2D eigenvalue weighted by Crippen LogP contribution is 2.08. The van der Waals surface area contributed by atoms with E-state index in [1.54, 1.807) is 0 Å². The second kappa shape index (κ2) is 2.90. The molecule has 1 aromatic heterocycles. The van der Waals surface area contributed by atoms with Gasteiger partial charge in [0.15, 0.2) is 0 Å². The molecule has 0 radical (unpaired) electrons. The van der Waals surface area contributed by atoms with Crippen LogP contribution in [0.25, 0.3) is 0 Å². The standard InChI is InChI=1S/C6H9ClN2/c7-6(5-8)9-3-1-2-4-9/h1-4,6H,5,8H2. The largest absolute Gasteiger partial charge is 0.336 e. The third kappa shape index (κ3) is 1.47. The molecule has 2 nitrogen and oxygen atoms in total. The predicted octanol–water partition coefficient (Wildman–Crippen LogP) is 1.18. The number of rotatable bonds is 2. The molecule has 0 aliphatic carbocycles. The van der Waals surface area contributed by atoms with E-state index in [4.69, 9.17) is 17.3 Å². The zero-order valence-electron chi connectivity index (χ0n) is 5.00. The summed E-state index contributed by atoms with van der Waals surface area (Å²) in [6, 6.07) is 3.84. The topological polar surface area (TPSA) is 30.9 Å². The van der Waals surface area contributed by atoms with E-state index < -0.39 is 0 Å². The summed E-state index contributed by atoms with van der Waals surface area (Å²) in [5.41, 5.74) is 5.21. The molecule has 50 valence electrons. The van der Waals surface area contributed by atoms with E-state index in [2.05, 4.69) is 0 Å². The maximum atomic E-state index is 5.77. The summed E-state index contributed by atoms with van der Waals surface area (Å²) in [5.74, 6) is 0. The van der Waals surface area contributed by atoms with Crippen LogP contribution in [0.4, 0.5) is 0 Å². The van der Waals surface area contributed by atoms with Gasteiger partial charge in [0.05, 0.1) is 0 Å². The fourth-order valence-corrected chi connectivity index (χ4v) is 0.786. The molecule has 9 heavy (non-hydrogen) atoms. The van der Waals surface area contributed by atoms with E-state index in [1.165, 1.54) is 0 Å². The van der Waals surface area contributed by atoms with Gasteiger partial charge in [-0.1, -0.05) is 11.6 Å². The van der Waals surface area contributed by atoms with Gasteiger partial charge in [-0.25, -0.2) is 0 Å². The van der Waals surface area contributed by atoms with Crippen LogP contribution in [0.2, 0.25) is 0 Å². The molecule has 1 unspecified atom stereocenters. The molecule has 0 bridgehead atoms. The summed E-state index contributed by atoms with van der Waals surface area (Å²) in [4.78, 5) is 0. The number of hydrogen-bond donors (Lipinski definition) is 1. The van der Waals surface area contributed by atoms with Crippen molar-refractivity contribution in [3.05, 3.63) is 24.5 Å².